The molecule has 36 heavy (non-hydrogen) atoms. The van der Waals surface area contributed by atoms with Gasteiger partial charge in [-0.25, -0.2) is 0 Å². The molecule has 0 N–H and O–H groups in total. The summed E-state index contributed by atoms with van der Waals surface area (Å²) in [5.74, 6) is 0.258. The summed E-state index contributed by atoms with van der Waals surface area (Å²) < 4.78 is 0. The van der Waals surface area contributed by atoms with E-state index in [4.69, 9.17) is 11.6 Å². The van der Waals surface area contributed by atoms with Crippen molar-refractivity contribution < 1.29 is 9.59 Å². The molecule has 0 unspecified atom stereocenters. The highest BCUT2D eigenvalue weighted by Gasteiger charge is 2.48. The van der Waals surface area contributed by atoms with Crippen molar-refractivity contribution >= 4 is 29.1 Å². The van der Waals surface area contributed by atoms with Crippen LogP contribution in [0.2, 0.25) is 5.02 Å². The average molecular weight is 509 g/mol. The van der Waals surface area contributed by atoms with Gasteiger partial charge < -0.3 is 14.7 Å². The van der Waals surface area contributed by atoms with E-state index in [1.807, 2.05) is 24.3 Å². The summed E-state index contributed by atoms with van der Waals surface area (Å²) >= 11 is 6.44. The van der Waals surface area contributed by atoms with Crippen molar-refractivity contribution in [3.8, 4) is 0 Å². The number of hydrogen-bond acceptors (Lipinski definition) is 4. The Balaban J connectivity index is 1.13. The lowest BCUT2D eigenvalue weighted by Crippen LogP contribution is -2.63. The molecule has 2 aliphatic heterocycles. The minimum Gasteiger partial charge on any atom is -0.369 e. The monoisotopic (exact) mass is 508 g/mol. The van der Waals surface area contributed by atoms with Crippen LogP contribution in [0.4, 0.5) is 5.69 Å². The Labute approximate surface area is 219 Å². The van der Waals surface area contributed by atoms with Crippen molar-refractivity contribution in [2.45, 2.75) is 49.6 Å². The number of amides is 2. The number of likely N-dealkylation sites (N-methyl/N-ethyl adjacent to an activating group) is 1. The first kappa shape index (κ1) is 25.1. The third-order valence-corrected chi connectivity index (χ3v) is 8.96. The van der Waals surface area contributed by atoms with Gasteiger partial charge in [-0.1, -0.05) is 48.4 Å². The summed E-state index contributed by atoms with van der Waals surface area (Å²) in [5.41, 5.74) is 2.47. The maximum absolute atomic E-state index is 13.6. The normalized spacial score (nSPS) is 20.4. The number of benzene rings is 2. The van der Waals surface area contributed by atoms with Crippen LogP contribution in [0.1, 0.15) is 48.0 Å². The molecule has 3 fully saturated rings. The molecule has 0 aromatic heterocycles. The van der Waals surface area contributed by atoms with E-state index in [2.05, 4.69) is 46.0 Å². The van der Waals surface area contributed by atoms with Crippen LogP contribution in [0.25, 0.3) is 0 Å². The Bertz CT molecular complexity index is 1100. The zero-order valence-corrected chi connectivity index (χ0v) is 22.4. The van der Waals surface area contributed by atoms with Crippen LogP contribution < -0.4 is 4.90 Å². The smallest absolute Gasteiger partial charge is 0.254 e. The molecule has 0 bridgehead atoms. The van der Waals surface area contributed by atoms with Gasteiger partial charge in [0.1, 0.15) is 0 Å². The summed E-state index contributed by atoms with van der Waals surface area (Å²) in [6, 6.07) is 17.1. The van der Waals surface area contributed by atoms with Crippen LogP contribution in [-0.4, -0.2) is 85.9 Å². The van der Waals surface area contributed by atoms with Gasteiger partial charge in [0.05, 0.1) is 22.0 Å². The quantitative estimate of drug-likeness (QED) is 0.584. The van der Waals surface area contributed by atoms with E-state index in [-0.39, 0.29) is 11.3 Å². The zero-order chi connectivity index (χ0) is 25.4. The molecule has 2 aromatic carbocycles. The number of nitrogens with zero attached hydrogens (tertiary/aromatic N) is 4. The average Bonchev–Trinajstić information content (AvgIpc) is 2.83. The second-order valence-corrected chi connectivity index (χ2v) is 11.3. The van der Waals surface area contributed by atoms with Gasteiger partial charge in [-0.15, -0.1) is 0 Å². The maximum Gasteiger partial charge on any atom is 0.254 e. The van der Waals surface area contributed by atoms with Crippen LogP contribution in [-0.2, 0) is 10.2 Å². The van der Waals surface area contributed by atoms with Crippen molar-refractivity contribution in [1.29, 1.82) is 0 Å². The molecule has 2 heterocycles. The Morgan fingerprint density at radius 1 is 0.972 bits per heavy atom. The standard InChI is InChI=1S/C29H37ClN4O2/c1-31(2)27(35)25-11-10-23(18-26(25)30)32(3)24-19-34(20-24)22-12-16-33(17-13-22)28(36)29(14-7-15-29)21-8-5-4-6-9-21/h4-6,8-11,18,22,24H,7,12-17,19-20H2,1-3H3. The van der Waals surface area contributed by atoms with E-state index in [1.54, 1.807) is 19.0 Å². The van der Waals surface area contributed by atoms with Crippen molar-refractivity contribution in [1.82, 2.24) is 14.7 Å². The summed E-state index contributed by atoms with van der Waals surface area (Å²) in [6.45, 7) is 3.73. The summed E-state index contributed by atoms with van der Waals surface area (Å²) in [4.78, 5) is 34.3. The number of carbonyl (C=O) groups is 2. The SMILES string of the molecule is CN(C)C(=O)c1ccc(N(C)C2CN(C3CCN(C(=O)C4(c5ccccc5)CCC4)CC3)C2)cc1Cl. The number of halogens is 1. The summed E-state index contributed by atoms with van der Waals surface area (Å²) in [7, 11) is 5.57. The van der Waals surface area contributed by atoms with Gasteiger partial charge in [-0.2, -0.15) is 0 Å². The minimum absolute atomic E-state index is 0.0826. The fraction of sp³-hybridized carbons (Fsp3) is 0.517. The van der Waals surface area contributed by atoms with E-state index in [0.717, 1.165) is 64.0 Å². The first-order valence-electron chi connectivity index (χ1n) is 13.1. The Morgan fingerprint density at radius 3 is 2.19 bits per heavy atom. The van der Waals surface area contributed by atoms with Crippen molar-refractivity contribution in [2.24, 2.45) is 0 Å². The molecule has 5 rings (SSSR count). The third-order valence-electron chi connectivity index (χ3n) is 8.65. The Hall–Kier alpha value is -2.57. The number of piperidine rings is 1. The lowest BCUT2D eigenvalue weighted by atomic mass is 9.63. The number of likely N-dealkylation sites (tertiary alicyclic amines) is 2. The molecule has 0 spiro atoms. The van der Waals surface area contributed by atoms with Crippen LogP contribution >= 0.6 is 11.6 Å². The van der Waals surface area contributed by atoms with E-state index >= 15 is 0 Å². The number of rotatable bonds is 6. The predicted octanol–water partition coefficient (Wildman–Crippen LogP) is 4.28. The highest BCUT2D eigenvalue weighted by Crippen LogP contribution is 2.45. The molecule has 1 saturated carbocycles. The van der Waals surface area contributed by atoms with Crippen LogP contribution in [0.3, 0.4) is 0 Å². The highest BCUT2D eigenvalue weighted by molar-refractivity contribution is 6.34. The van der Waals surface area contributed by atoms with Gasteiger partial charge in [-0.3, -0.25) is 14.5 Å². The Morgan fingerprint density at radius 2 is 1.64 bits per heavy atom. The number of anilines is 1. The lowest BCUT2D eigenvalue weighted by molar-refractivity contribution is -0.142. The molecule has 0 atom stereocenters. The molecular formula is C29H37ClN4O2. The first-order chi connectivity index (χ1) is 17.3. The molecule has 2 amide bonds. The molecular weight excluding hydrogens is 472 g/mol. The molecule has 7 heteroatoms. The molecule has 1 aliphatic carbocycles. The van der Waals surface area contributed by atoms with E-state index < -0.39 is 0 Å². The van der Waals surface area contributed by atoms with Crippen LogP contribution in [0.5, 0.6) is 0 Å². The summed E-state index contributed by atoms with van der Waals surface area (Å²) in [6.07, 6.45) is 5.18. The summed E-state index contributed by atoms with van der Waals surface area (Å²) in [5, 5.41) is 0.492. The van der Waals surface area contributed by atoms with Gasteiger partial charge in [0.25, 0.3) is 5.91 Å². The van der Waals surface area contributed by atoms with Gasteiger partial charge in [0.2, 0.25) is 5.91 Å². The number of hydrogen-bond donors (Lipinski definition) is 0. The van der Waals surface area contributed by atoms with E-state index in [1.165, 1.54) is 5.56 Å². The maximum atomic E-state index is 13.6. The van der Waals surface area contributed by atoms with Gasteiger partial charge in [-0.05, 0) is 49.4 Å². The molecule has 3 aliphatic rings. The Kier molecular flexibility index (Phi) is 7.01. The molecule has 2 saturated heterocycles. The predicted molar refractivity (Wildman–Crippen MR) is 145 cm³/mol. The molecule has 6 nitrogen and oxygen atoms in total. The topological polar surface area (TPSA) is 47.1 Å². The molecule has 2 aromatic rings. The van der Waals surface area contributed by atoms with Crippen molar-refractivity contribution in [3.05, 3.63) is 64.7 Å². The lowest BCUT2D eigenvalue weighted by Gasteiger charge is -2.51. The first-order valence-corrected chi connectivity index (χ1v) is 13.5. The van der Waals surface area contributed by atoms with Gasteiger partial charge >= 0.3 is 0 Å². The minimum atomic E-state index is -0.285. The third kappa shape index (κ3) is 4.50. The van der Waals surface area contributed by atoms with E-state index in [0.29, 0.717) is 28.6 Å². The van der Waals surface area contributed by atoms with Gasteiger partial charge in [0, 0.05) is 59.1 Å². The largest absolute Gasteiger partial charge is 0.369 e. The second kappa shape index (κ2) is 10.1. The highest BCUT2D eigenvalue weighted by atomic mass is 35.5. The zero-order valence-electron chi connectivity index (χ0n) is 21.6. The second-order valence-electron chi connectivity index (χ2n) is 10.9. The molecule has 0 radical (unpaired) electrons. The van der Waals surface area contributed by atoms with E-state index in [9.17, 15) is 9.59 Å². The fourth-order valence-corrected chi connectivity index (χ4v) is 6.29. The van der Waals surface area contributed by atoms with Crippen LogP contribution in [0, 0.1) is 0 Å². The van der Waals surface area contributed by atoms with Crippen LogP contribution in [0.15, 0.2) is 48.5 Å². The van der Waals surface area contributed by atoms with Gasteiger partial charge in [0.15, 0.2) is 0 Å². The number of carbonyl (C=O) groups excluding carboxylic acids is 2. The van der Waals surface area contributed by atoms with Crippen molar-refractivity contribution in [3.63, 3.8) is 0 Å². The van der Waals surface area contributed by atoms with Crippen molar-refractivity contribution in [2.75, 3.05) is 52.2 Å². The fourth-order valence-electron chi connectivity index (χ4n) is 6.03. The molecule has 192 valence electrons.